The fourth-order valence-corrected chi connectivity index (χ4v) is 3.96. The van der Waals surface area contributed by atoms with Crippen LogP contribution in [0.2, 0.25) is 0 Å². The Labute approximate surface area is 160 Å². The number of sulfonamides is 1. The van der Waals surface area contributed by atoms with E-state index >= 15 is 0 Å². The van der Waals surface area contributed by atoms with Gasteiger partial charge >= 0.3 is 0 Å². The lowest BCUT2D eigenvalue weighted by molar-refractivity contribution is -0.116. The minimum absolute atomic E-state index is 0.162. The van der Waals surface area contributed by atoms with Gasteiger partial charge < -0.3 is 5.32 Å². The number of hydrogen-bond donors (Lipinski definition) is 1. The van der Waals surface area contributed by atoms with Crippen molar-refractivity contribution < 1.29 is 13.2 Å². The molecule has 0 aliphatic carbocycles. The number of rotatable bonds is 5. The maximum absolute atomic E-state index is 12.7. The zero-order chi connectivity index (χ0) is 18.7. The summed E-state index contributed by atoms with van der Waals surface area (Å²) in [5, 5.41) is 4.48. The van der Waals surface area contributed by atoms with E-state index in [4.69, 9.17) is 0 Å². The summed E-state index contributed by atoms with van der Waals surface area (Å²) < 4.78 is 27.4. The molecule has 5 nitrogen and oxygen atoms in total. The second kappa shape index (κ2) is 7.57. The summed E-state index contributed by atoms with van der Waals surface area (Å²) in [5.74, 6) is -0.404. The summed E-state index contributed by atoms with van der Waals surface area (Å²) in [7, 11) is -2.36. The van der Waals surface area contributed by atoms with Crippen LogP contribution in [0.1, 0.15) is 0 Å². The molecule has 0 bridgehead atoms. The van der Waals surface area contributed by atoms with Crippen LogP contribution >= 0.6 is 15.9 Å². The molecule has 0 saturated heterocycles. The van der Waals surface area contributed by atoms with Crippen molar-refractivity contribution in [3.05, 3.63) is 71.2 Å². The van der Waals surface area contributed by atoms with E-state index in [1.807, 2.05) is 24.3 Å². The van der Waals surface area contributed by atoms with E-state index in [0.717, 1.165) is 19.6 Å². The topological polar surface area (TPSA) is 66.5 Å². The Bertz CT molecular complexity index is 1050. The molecule has 7 heteroatoms. The van der Waals surface area contributed by atoms with Gasteiger partial charge in [0.2, 0.25) is 15.9 Å². The monoisotopic (exact) mass is 432 g/mol. The number of fused-ring (bicyclic) bond motifs is 1. The highest BCUT2D eigenvalue weighted by molar-refractivity contribution is 9.10. The third-order valence-corrected chi connectivity index (χ3v) is 6.25. The highest BCUT2D eigenvalue weighted by Gasteiger charge is 2.23. The van der Waals surface area contributed by atoms with Crippen LogP contribution in [0.5, 0.6) is 0 Å². The molecule has 0 unspecified atom stereocenters. The van der Waals surface area contributed by atoms with Gasteiger partial charge in [-0.1, -0.05) is 46.3 Å². The molecule has 0 spiro atoms. The first-order chi connectivity index (χ1) is 12.4. The molecule has 3 aromatic carbocycles. The second-order valence-corrected chi connectivity index (χ2v) is 8.79. The van der Waals surface area contributed by atoms with E-state index < -0.39 is 15.9 Å². The van der Waals surface area contributed by atoms with E-state index in [0.29, 0.717) is 5.69 Å². The van der Waals surface area contributed by atoms with E-state index in [1.54, 1.807) is 42.5 Å². The molecule has 0 heterocycles. The number of carbonyl (C=O) groups is 1. The van der Waals surface area contributed by atoms with Crippen LogP contribution in [0.15, 0.2) is 76.1 Å². The fraction of sp³-hybridized carbons (Fsp3) is 0.105. The molecule has 0 atom stereocenters. The first kappa shape index (κ1) is 18.6. The highest BCUT2D eigenvalue weighted by Crippen LogP contribution is 2.21. The summed E-state index contributed by atoms with van der Waals surface area (Å²) in [5.41, 5.74) is 0.606. The van der Waals surface area contributed by atoms with Crippen LogP contribution in [0.4, 0.5) is 5.69 Å². The number of halogens is 1. The maximum atomic E-state index is 12.7. The summed E-state index contributed by atoms with van der Waals surface area (Å²) in [6.07, 6.45) is 0. The van der Waals surface area contributed by atoms with Gasteiger partial charge in [0.05, 0.1) is 11.4 Å². The molecule has 3 aromatic rings. The quantitative estimate of drug-likeness (QED) is 0.665. The van der Waals surface area contributed by atoms with Gasteiger partial charge in [-0.2, -0.15) is 4.31 Å². The number of benzene rings is 3. The second-order valence-electron chi connectivity index (χ2n) is 5.83. The Morgan fingerprint density at radius 3 is 2.35 bits per heavy atom. The molecule has 26 heavy (non-hydrogen) atoms. The van der Waals surface area contributed by atoms with Crippen molar-refractivity contribution in [2.45, 2.75) is 4.90 Å². The zero-order valence-corrected chi connectivity index (χ0v) is 16.4. The minimum Gasteiger partial charge on any atom is -0.325 e. The van der Waals surface area contributed by atoms with Gasteiger partial charge in [0.1, 0.15) is 0 Å². The molecular weight excluding hydrogens is 416 g/mol. The molecule has 0 saturated carbocycles. The molecule has 0 radical (unpaired) electrons. The molecule has 3 rings (SSSR count). The molecular formula is C19H17BrN2O3S. The van der Waals surface area contributed by atoms with Gasteiger partial charge in [-0.15, -0.1) is 0 Å². The van der Waals surface area contributed by atoms with Crippen molar-refractivity contribution in [2.75, 3.05) is 18.9 Å². The normalized spacial score (nSPS) is 11.7. The third kappa shape index (κ3) is 4.12. The number of hydrogen-bond acceptors (Lipinski definition) is 3. The Morgan fingerprint density at radius 2 is 1.65 bits per heavy atom. The van der Waals surface area contributed by atoms with Crippen molar-refractivity contribution >= 4 is 48.3 Å². The van der Waals surface area contributed by atoms with Crippen molar-refractivity contribution in [1.82, 2.24) is 4.31 Å². The number of amides is 1. The van der Waals surface area contributed by atoms with Gasteiger partial charge in [0.15, 0.2) is 0 Å². The largest absolute Gasteiger partial charge is 0.325 e. The van der Waals surface area contributed by atoms with Crippen molar-refractivity contribution in [3.8, 4) is 0 Å². The fourth-order valence-electron chi connectivity index (χ4n) is 2.53. The summed E-state index contributed by atoms with van der Waals surface area (Å²) in [6.45, 7) is -0.273. The van der Waals surface area contributed by atoms with Crippen molar-refractivity contribution in [2.24, 2.45) is 0 Å². The lowest BCUT2D eigenvalue weighted by Crippen LogP contribution is -2.34. The van der Waals surface area contributed by atoms with Gasteiger partial charge in [-0.05, 0) is 47.2 Å². The minimum atomic E-state index is -3.76. The predicted octanol–water partition coefficient (Wildman–Crippen LogP) is 3.86. The van der Waals surface area contributed by atoms with Crippen LogP contribution in [-0.2, 0) is 14.8 Å². The average Bonchev–Trinajstić information content (AvgIpc) is 2.63. The van der Waals surface area contributed by atoms with Crippen LogP contribution in [-0.4, -0.2) is 32.2 Å². The van der Waals surface area contributed by atoms with E-state index in [1.165, 1.54) is 7.05 Å². The molecule has 0 aliphatic rings. The Morgan fingerprint density at radius 1 is 1.00 bits per heavy atom. The van der Waals surface area contributed by atoms with Crippen LogP contribution < -0.4 is 5.32 Å². The van der Waals surface area contributed by atoms with Gasteiger partial charge in [0, 0.05) is 17.2 Å². The Balaban J connectivity index is 1.75. The van der Waals surface area contributed by atoms with E-state index in [-0.39, 0.29) is 11.4 Å². The van der Waals surface area contributed by atoms with E-state index in [9.17, 15) is 13.2 Å². The third-order valence-electron chi connectivity index (χ3n) is 3.92. The number of anilines is 1. The molecule has 1 N–H and O–H groups in total. The molecule has 0 fully saturated rings. The molecule has 134 valence electrons. The summed E-state index contributed by atoms with van der Waals surface area (Å²) in [6, 6.07) is 19.5. The standard InChI is InChI=1S/C19H17BrN2O3S/c1-22(13-19(23)21-17-9-7-16(20)8-10-17)26(24,25)18-11-6-14-4-2-3-5-15(14)12-18/h2-12H,13H2,1H3,(H,21,23). The van der Waals surface area contributed by atoms with Crippen LogP contribution in [0.25, 0.3) is 10.8 Å². The van der Waals surface area contributed by atoms with Gasteiger partial charge in [0.25, 0.3) is 0 Å². The first-order valence-electron chi connectivity index (χ1n) is 7.87. The molecule has 0 aromatic heterocycles. The Kier molecular flexibility index (Phi) is 5.41. The van der Waals surface area contributed by atoms with Gasteiger partial charge in [-0.25, -0.2) is 8.42 Å². The summed E-state index contributed by atoms with van der Waals surface area (Å²) >= 11 is 3.32. The van der Waals surface area contributed by atoms with Gasteiger partial charge in [-0.3, -0.25) is 4.79 Å². The van der Waals surface area contributed by atoms with Crippen LogP contribution in [0, 0.1) is 0 Å². The number of nitrogens with zero attached hydrogens (tertiary/aromatic N) is 1. The van der Waals surface area contributed by atoms with Crippen LogP contribution in [0.3, 0.4) is 0 Å². The van der Waals surface area contributed by atoms with Crippen molar-refractivity contribution in [1.29, 1.82) is 0 Å². The smallest absolute Gasteiger partial charge is 0.243 e. The molecule has 1 amide bonds. The number of nitrogens with one attached hydrogen (secondary N) is 1. The SMILES string of the molecule is CN(CC(=O)Nc1ccc(Br)cc1)S(=O)(=O)c1ccc2ccccc2c1. The number of carbonyl (C=O) groups excluding carboxylic acids is 1. The van der Waals surface area contributed by atoms with Crippen molar-refractivity contribution in [3.63, 3.8) is 0 Å². The zero-order valence-electron chi connectivity index (χ0n) is 14.0. The maximum Gasteiger partial charge on any atom is 0.243 e. The number of likely N-dealkylation sites (N-methyl/N-ethyl adjacent to an activating group) is 1. The van der Waals surface area contributed by atoms with E-state index in [2.05, 4.69) is 21.2 Å². The summed E-state index contributed by atoms with van der Waals surface area (Å²) in [4.78, 5) is 12.3. The predicted molar refractivity (Wildman–Crippen MR) is 107 cm³/mol. The Hall–Kier alpha value is -2.22. The molecule has 0 aliphatic heterocycles. The lowest BCUT2D eigenvalue weighted by Gasteiger charge is -2.17. The highest BCUT2D eigenvalue weighted by atomic mass is 79.9. The first-order valence-corrected chi connectivity index (χ1v) is 10.1. The lowest BCUT2D eigenvalue weighted by atomic mass is 10.1. The average molecular weight is 433 g/mol.